The summed E-state index contributed by atoms with van der Waals surface area (Å²) in [5.41, 5.74) is 3.57. The summed E-state index contributed by atoms with van der Waals surface area (Å²) in [6, 6.07) is 10.6. The van der Waals surface area contributed by atoms with Crippen LogP contribution >= 0.6 is 31.9 Å². The third-order valence-electron chi connectivity index (χ3n) is 3.21. The van der Waals surface area contributed by atoms with Gasteiger partial charge in [-0.1, -0.05) is 31.2 Å². The first kappa shape index (κ1) is 15.7. The van der Waals surface area contributed by atoms with Crippen LogP contribution in [0.15, 0.2) is 45.5 Å². The number of aromatic nitrogens is 1. The molecule has 1 aromatic carbocycles. The van der Waals surface area contributed by atoms with Crippen LogP contribution in [0.4, 0.5) is 0 Å². The summed E-state index contributed by atoms with van der Waals surface area (Å²) >= 11 is 7.08. The summed E-state index contributed by atoms with van der Waals surface area (Å²) < 4.78 is 2.00. The monoisotopic (exact) mass is 396 g/mol. The fraction of sp³-hybridized carbons (Fsp3) is 0.312. The van der Waals surface area contributed by atoms with Crippen LogP contribution in [0.5, 0.6) is 0 Å². The number of benzene rings is 1. The predicted molar refractivity (Wildman–Crippen MR) is 91.0 cm³/mol. The van der Waals surface area contributed by atoms with E-state index in [1.807, 2.05) is 12.3 Å². The second-order valence-electron chi connectivity index (χ2n) is 4.76. The van der Waals surface area contributed by atoms with Gasteiger partial charge in [-0.3, -0.25) is 4.98 Å². The lowest BCUT2D eigenvalue weighted by atomic mass is 9.98. The van der Waals surface area contributed by atoms with E-state index in [1.54, 1.807) is 0 Å². The fourth-order valence-electron chi connectivity index (χ4n) is 2.19. The molecule has 1 atom stereocenters. The van der Waals surface area contributed by atoms with Gasteiger partial charge in [-0.25, -0.2) is 0 Å². The maximum Gasteiger partial charge on any atom is 0.0765 e. The predicted octanol–water partition coefficient (Wildman–Crippen LogP) is 5.00. The van der Waals surface area contributed by atoms with Gasteiger partial charge in [-0.15, -0.1) is 0 Å². The molecule has 0 bridgehead atoms. The molecular weight excluding hydrogens is 380 g/mol. The molecule has 0 saturated carbocycles. The van der Waals surface area contributed by atoms with Crippen LogP contribution in [0.3, 0.4) is 0 Å². The Morgan fingerprint density at radius 2 is 2.00 bits per heavy atom. The number of halogens is 2. The maximum atomic E-state index is 4.59. The normalized spacial score (nSPS) is 12.4. The number of hydrogen-bond acceptors (Lipinski definition) is 2. The van der Waals surface area contributed by atoms with Gasteiger partial charge in [-0.05, 0) is 68.9 Å². The Kier molecular flexibility index (Phi) is 5.75. The van der Waals surface area contributed by atoms with Crippen molar-refractivity contribution >= 4 is 31.9 Å². The number of rotatable bonds is 5. The van der Waals surface area contributed by atoms with E-state index in [4.69, 9.17) is 0 Å². The second kappa shape index (κ2) is 7.34. The molecule has 0 amide bonds. The lowest BCUT2D eigenvalue weighted by Crippen LogP contribution is -2.25. The first-order valence-corrected chi connectivity index (χ1v) is 8.32. The van der Waals surface area contributed by atoms with Crippen molar-refractivity contribution in [3.8, 4) is 0 Å². The maximum absolute atomic E-state index is 4.59. The molecule has 1 unspecified atom stereocenters. The molecule has 0 saturated heterocycles. The van der Waals surface area contributed by atoms with E-state index < -0.39 is 0 Å². The number of nitrogens with zero attached hydrogens (tertiary/aromatic N) is 1. The molecule has 20 heavy (non-hydrogen) atoms. The third kappa shape index (κ3) is 3.68. The average Bonchev–Trinajstić information content (AvgIpc) is 2.42. The molecule has 1 heterocycles. The highest BCUT2D eigenvalue weighted by Crippen LogP contribution is 2.30. The van der Waals surface area contributed by atoms with Gasteiger partial charge in [0.2, 0.25) is 0 Å². The van der Waals surface area contributed by atoms with Gasteiger partial charge in [-0.2, -0.15) is 0 Å². The molecule has 2 rings (SSSR count). The Labute approximate surface area is 137 Å². The van der Waals surface area contributed by atoms with Crippen molar-refractivity contribution in [1.29, 1.82) is 0 Å². The van der Waals surface area contributed by atoms with E-state index in [0.29, 0.717) is 0 Å². The summed E-state index contributed by atoms with van der Waals surface area (Å²) in [4.78, 5) is 4.59. The molecule has 1 aromatic heterocycles. The van der Waals surface area contributed by atoms with Crippen LogP contribution in [0, 0.1) is 6.92 Å². The van der Waals surface area contributed by atoms with Crippen molar-refractivity contribution in [2.45, 2.75) is 26.3 Å². The minimum Gasteiger partial charge on any atom is -0.305 e. The zero-order valence-corrected chi connectivity index (χ0v) is 14.8. The first-order valence-electron chi connectivity index (χ1n) is 6.73. The van der Waals surface area contributed by atoms with Crippen LogP contribution < -0.4 is 5.32 Å². The van der Waals surface area contributed by atoms with Gasteiger partial charge in [0.1, 0.15) is 0 Å². The highest BCUT2D eigenvalue weighted by Gasteiger charge is 2.19. The van der Waals surface area contributed by atoms with Crippen molar-refractivity contribution in [2.24, 2.45) is 0 Å². The van der Waals surface area contributed by atoms with Crippen LogP contribution in [0.1, 0.15) is 36.2 Å². The van der Waals surface area contributed by atoms with Gasteiger partial charge >= 0.3 is 0 Å². The SMILES string of the molecule is CCCNC(c1ccccc1C)c1ncc(Br)cc1Br. The van der Waals surface area contributed by atoms with Gasteiger partial charge in [0.15, 0.2) is 0 Å². The highest BCUT2D eigenvalue weighted by molar-refractivity contribution is 9.11. The van der Waals surface area contributed by atoms with Crippen molar-refractivity contribution in [2.75, 3.05) is 6.54 Å². The van der Waals surface area contributed by atoms with E-state index in [0.717, 1.165) is 27.6 Å². The van der Waals surface area contributed by atoms with Crippen LogP contribution in [-0.2, 0) is 0 Å². The Morgan fingerprint density at radius 1 is 1.25 bits per heavy atom. The Bertz CT molecular complexity index is 584. The van der Waals surface area contributed by atoms with E-state index in [-0.39, 0.29) is 6.04 Å². The average molecular weight is 398 g/mol. The molecule has 2 aromatic rings. The molecule has 0 aliphatic carbocycles. The quantitative estimate of drug-likeness (QED) is 0.767. The molecule has 106 valence electrons. The van der Waals surface area contributed by atoms with E-state index in [9.17, 15) is 0 Å². The van der Waals surface area contributed by atoms with Crippen LogP contribution in [-0.4, -0.2) is 11.5 Å². The molecule has 0 radical (unpaired) electrons. The fourth-order valence-corrected chi connectivity index (χ4v) is 3.41. The summed E-state index contributed by atoms with van der Waals surface area (Å²) in [7, 11) is 0. The van der Waals surface area contributed by atoms with Crippen molar-refractivity contribution in [1.82, 2.24) is 10.3 Å². The van der Waals surface area contributed by atoms with Gasteiger partial charge < -0.3 is 5.32 Å². The minimum absolute atomic E-state index is 0.110. The number of nitrogens with one attached hydrogen (secondary N) is 1. The second-order valence-corrected chi connectivity index (χ2v) is 6.53. The molecule has 4 heteroatoms. The highest BCUT2D eigenvalue weighted by atomic mass is 79.9. The van der Waals surface area contributed by atoms with Crippen molar-refractivity contribution in [3.05, 3.63) is 62.3 Å². The topological polar surface area (TPSA) is 24.9 Å². The Hall–Kier alpha value is -0.710. The molecule has 0 spiro atoms. The van der Waals surface area contributed by atoms with Gasteiger partial charge in [0, 0.05) is 15.1 Å². The largest absolute Gasteiger partial charge is 0.305 e. The molecular formula is C16H18Br2N2. The molecule has 2 nitrogen and oxygen atoms in total. The smallest absolute Gasteiger partial charge is 0.0765 e. The van der Waals surface area contributed by atoms with Gasteiger partial charge in [0.05, 0.1) is 11.7 Å². The zero-order chi connectivity index (χ0) is 14.5. The standard InChI is InChI=1S/C16H18Br2N2/c1-3-8-19-15(13-7-5-4-6-11(13)2)16-14(18)9-12(17)10-20-16/h4-7,9-10,15,19H,3,8H2,1-2H3. The zero-order valence-electron chi connectivity index (χ0n) is 11.7. The van der Waals surface area contributed by atoms with Crippen LogP contribution in [0.25, 0.3) is 0 Å². The summed E-state index contributed by atoms with van der Waals surface area (Å²) in [6.45, 7) is 5.28. The van der Waals surface area contributed by atoms with E-state index in [1.165, 1.54) is 11.1 Å². The minimum atomic E-state index is 0.110. The number of aryl methyl sites for hydroxylation is 1. The molecule has 0 fully saturated rings. The Balaban J connectivity index is 2.44. The van der Waals surface area contributed by atoms with Crippen molar-refractivity contribution in [3.63, 3.8) is 0 Å². The van der Waals surface area contributed by atoms with E-state index >= 15 is 0 Å². The summed E-state index contributed by atoms with van der Waals surface area (Å²) in [5, 5.41) is 3.60. The van der Waals surface area contributed by atoms with Crippen LogP contribution in [0.2, 0.25) is 0 Å². The molecule has 0 aliphatic heterocycles. The summed E-state index contributed by atoms with van der Waals surface area (Å²) in [5.74, 6) is 0. The number of hydrogen-bond donors (Lipinski definition) is 1. The molecule has 1 N–H and O–H groups in total. The summed E-state index contributed by atoms with van der Waals surface area (Å²) in [6.07, 6.45) is 2.94. The number of pyridine rings is 1. The Morgan fingerprint density at radius 3 is 2.65 bits per heavy atom. The first-order chi connectivity index (χ1) is 9.63. The van der Waals surface area contributed by atoms with Gasteiger partial charge in [0.25, 0.3) is 0 Å². The van der Waals surface area contributed by atoms with E-state index in [2.05, 4.69) is 80.3 Å². The lowest BCUT2D eigenvalue weighted by Gasteiger charge is -2.21. The van der Waals surface area contributed by atoms with Crippen molar-refractivity contribution < 1.29 is 0 Å². The molecule has 0 aliphatic rings. The third-order valence-corrected chi connectivity index (χ3v) is 4.28. The lowest BCUT2D eigenvalue weighted by molar-refractivity contribution is 0.582.